The smallest absolute Gasteiger partial charge is 0.234 e. The lowest BCUT2D eigenvalue weighted by atomic mass is 9.94. The Morgan fingerprint density at radius 3 is 2.73 bits per heavy atom. The van der Waals surface area contributed by atoms with Gasteiger partial charge in [0, 0.05) is 6.42 Å². The van der Waals surface area contributed by atoms with Crippen molar-refractivity contribution in [3.05, 3.63) is 0 Å². The van der Waals surface area contributed by atoms with Crippen molar-refractivity contribution in [1.29, 1.82) is 0 Å². The van der Waals surface area contributed by atoms with Crippen molar-refractivity contribution in [1.82, 2.24) is 10.7 Å². The Morgan fingerprint density at radius 1 is 1.55 bits per heavy atom. The van der Waals surface area contributed by atoms with Gasteiger partial charge >= 0.3 is 0 Å². The average Bonchev–Trinajstić information content (AvgIpc) is 2.06. The maximum absolute atomic E-state index is 10.8. The fourth-order valence-corrected chi connectivity index (χ4v) is 1.41. The second-order valence-corrected chi connectivity index (χ2v) is 2.97. The van der Waals surface area contributed by atoms with E-state index in [9.17, 15) is 4.79 Å². The first-order valence-corrected chi connectivity index (χ1v) is 4.03. The molecule has 1 heterocycles. The molecule has 0 aromatic carbocycles. The molecule has 0 radical (unpaired) electrons. The van der Waals surface area contributed by atoms with Crippen molar-refractivity contribution in [2.24, 2.45) is 11.8 Å². The van der Waals surface area contributed by atoms with E-state index in [0.717, 1.165) is 25.9 Å². The van der Waals surface area contributed by atoms with E-state index < -0.39 is 0 Å². The Morgan fingerprint density at radius 2 is 2.18 bits per heavy atom. The zero-order chi connectivity index (χ0) is 8.10. The normalized spacial score (nSPS) is 19.7. The number of carbonyl (C=O) groups excluding carboxylic acids is 1. The van der Waals surface area contributed by atoms with Gasteiger partial charge in [-0.2, -0.15) is 0 Å². The third-order valence-corrected chi connectivity index (χ3v) is 2.09. The lowest BCUT2D eigenvalue weighted by molar-refractivity contribution is -0.122. The van der Waals surface area contributed by atoms with Crippen LogP contribution >= 0.6 is 0 Å². The molecule has 11 heavy (non-hydrogen) atoms. The number of hydrazine groups is 1. The van der Waals surface area contributed by atoms with Crippen molar-refractivity contribution >= 4 is 5.91 Å². The standard InChI is InChI=1S/C7H15N3O/c8-10-7(11)5-6-1-3-9-4-2-6/h6,9H,1-5,8H2,(H,10,11). The van der Waals surface area contributed by atoms with Crippen LogP contribution in [0.3, 0.4) is 0 Å². The van der Waals surface area contributed by atoms with E-state index in [0.29, 0.717) is 12.3 Å². The Balaban J connectivity index is 2.19. The van der Waals surface area contributed by atoms with Crippen LogP contribution in [0.2, 0.25) is 0 Å². The minimum Gasteiger partial charge on any atom is -0.317 e. The predicted octanol–water partition coefficient (Wildman–Crippen LogP) is -0.634. The molecule has 0 aromatic heterocycles. The lowest BCUT2D eigenvalue weighted by Crippen LogP contribution is -2.35. The highest BCUT2D eigenvalue weighted by atomic mass is 16.2. The van der Waals surface area contributed by atoms with E-state index in [1.165, 1.54) is 0 Å². The summed E-state index contributed by atoms with van der Waals surface area (Å²) in [5, 5.41) is 3.24. The molecule has 1 aliphatic heterocycles. The number of carbonyl (C=O) groups is 1. The molecule has 0 atom stereocenters. The first-order chi connectivity index (χ1) is 5.33. The first kappa shape index (κ1) is 8.49. The van der Waals surface area contributed by atoms with Gasteiger partial charge in [-0.3, -0.25) is 10.2 Å². The van der Waals surface area contributed by atoms with Gasteiger partial charge in [0.1, 0.15) is 0 Å². The zero-order valence-electron chi connectivity index (χ0n) is 6.60. The predicted molar refractivity (Wildman–Crippen MR) is 42.5 cm³/mol. The molecular formula is C7H15N3O. The summed E-state index contributed by atoms with van der Waals surface area (Å²) in [4.78, 5) is 10.8. The SMILES string of the molecule is NNC(=O)CC1CCNCC1. The molecule has 1 amide bonds. The maximum atomic E-state index is 10.8. The minimum absolute atomic E-state index is 0.0445. The van der Waals surface area contributed by atoms with Gasteiger partial charge in [0.2, 0.25) is 5.91 Å². The summed E-state index contributed by atoms with van der Waals surface area (Å²) in [7, 11) is 0. The van der Waals surface area contributed by atoms with Gasteiger partial charge in [0.15, 0.2) is 0 Å². The molecule has 0 bridgehead atoms. The van der Waals surface area contributed by atoms with Crippen LogP contribution in [0.5, 0.6) is 0 Å². The summed E-state index contributed by atoms with van der Waals surface area (Å²) < 4.78 is 0. The lowest BCUT2D eigenvalue weighted by Gasteiger charge is -2.21. The van der Waals surface area contributed by atoms with Gasteiger partial charge in [-0.15, -0.1) is 0 Å². The van der Waals surface area contributed by atoms with Gasteiger partial charge in [0.25, 0.3) is 0 Å². The van der Waals surface area contributed by atoms with Crippen LogP contribution in [0.4, 0.5) is 0 Å². The third-order valence-electron chi connectivity index (χ3n) is 2.09. The molecule has 1 saturated heterocycles. The summed E-state index contributed by atoms with van der Waals surface area (Å²) in [6.07, 6.45) is 2.76. The number of nitrogens with one attached hydrogen (secondary N) is 2. The van der Waals surface area contributed by atoms with E-state index in [-0.39, 0.29) is 5.91 Å². The largest absolute Gasteiger partial charge is 0.317 e. The van der Waals surface area contributed by atoms with E-state index in [2.05, 4.69) is 10.7 Å². The molecule has 4 N–H and O–H groups in total. The summed E-state index contributed by atoms with van der Waals surface area (Å²) in [6, 6.07) is 0. The molecule has 1 rings (SSSR count). The monoisotopic (exact) mass is 157 g/mol. The summed E-state index contributed by atoms with van der Waals surface area (Å²) in [5.74, 6) is 5.46. The van der Waals surface area contributed by atoms with Crippen molar-refractivity contribution in [2.75, 3.05) is 13.1 Å². The fourth-order valence-electron chi connectivity index (χ4n) is 1.41. The van der Waals surface area contributed by atoms with E-state index in [4.69, 9.17) is 5.84 Å². The number of hydrogen-bond donors (Lipinski definition) is 3. The number of nitrogens with two attached hydrogens (primary N) is 1. The third kappa shape index (κ3) is 2.86. The molecule has 0 aliphatic carbocycles. The topological polar surface area (TPSA) is 67.1 Å². The second-order valence-electron chi connectivity index (χ2n) is 2.97. The molecule has 4 heteroatoms. The van der Waals surface area contributed by atoms with Gasteiger partial charge in [-0.25, -0.2) is 5.84 Å². The molecule has 0 unspecified atom stereocenters. The van der Waals surface area contributed by atoms with Crippen LogP contribution in [0, 0.1) is 5.92 Å². The van der Waals surface area contributed by atoms with Gasteiger partial charge in [-0.1, -0.05) is 0 Å². The molecule has 1 aliphatic rings. The van der Waals surface area contributed by atoms with Crippen LogP contribution in [-0.4, -0.2) is 19.0 Å². The number of piperidine rings is 1. The number of rotatable bonds is 2. The molecule has 1 fully saturated rings. The van der Waals surface area contributed by atoms with Crippen LogP contribution in [0.15, 0.2) is 0 Å². The van der Waals surface area contributed by atoms with Crippen molar-refractivity contribution in [2.45, 2.75) is 19.3 Å². The maximum Gasteiger partial charge on any atom is 0.234 e. The van der Waals surface area contributed by atoms with Crippen LogP contribution in [0.25, 0.3) is 0 Å². The van der Waals surface area contributed by atoms with Gasteiger partial charge in [0.05, 0.1) is 0 Å². The van der Waals surface area contributed by atoms with E-state index in [1.807, 2.05) is 0 Å². The minimum atomic E-state index is -0.0445. The van der Waals surface area contributed by atoms with E-state index >= 15 is 0 Å². The van der Waals surface area contributed by atoms with E-state index in [1.54, 1.807) is 0 Å². The highest BCUT2D eigenvalue weighted by Crippen LogP contribution is 2.14. The molecule has 0 aromatic rings. The van der Waals surface area contributed by atoms with Crippen LogP contribution in [0.1, 0.15) is 19.3 Å². The second kappa shape index (κ2) is 4.31. The highest BCUT2D eigenvalue weighted by Gasteiger charge is 2.15. The van der Waals surface area contributed by atoms with Gasteiger partial charge in [-0.05, 0) is 31.8 Å². The van der Waals surface area contributed by atoms with Crippen molar-refractivity contribution in [3.8, 4) is 0 Å². The molecule has 0 spiro atoms. The Bertz CT molecular complexity index is 132. The van der Waals surface area contributed by atoms with Crippen molar-refractivity contribution < 1.29 is 4.79 Å². The van der Waals surface area contributed by atoms with Crippen molar-refractivity contribution in [3.63, 3.8) is 0 Å². The summed E-state index contributed by atoms with van der Waals surface area (Å²) in [6.45, 7) is 2.06. The Labute approximate surface area is 66.5 Å². The van der Waals surface area contributed by atoms with Gasteiger partial charge < -0.3 is 5.32 Å². The van der Waals surface area contributed by atoms with Crippen LogP contribution < -0.4 is 16.6 Å². The Kier molecular flexibility index (Phi) is 3.32. The Hall–Kier alpha value is -0.610. The number of hydrogen-bond acceptors (Lipinski definition) is 3. The summed E-state index contributed by atoms with van der Waals surface area (Å²) in [5.41, 5.74) is 2.15. The highest BCUT2D eigenvalue weighted by molar-refractivity contribution is 5.75. The first-order valence-electron chi connectivity index (χ1n) is 4.03. The molecule has 0 saturated carbocycles. The molecule has 64 valence electrons. The quantitative estimate of drug-likeness (QED) is 0.284. The fraction of sp³-hybridized carbons (Fsp3) is 0.857. The average molecular weight is 157 g/mol. The summed E-state index contributed by atoms with van der Waals surface area (Å²) >= 11 is 0. The molecular weight excluding hydrogens is 142 g/mol. The van der Waals surface area contributed by atoms with Crippen LogP contribution in [-0.2, 0) is 4.79 Å². The molecule has 4 nitrogen and oxygen atoms in total. The zero-order valence-corrected chi connectivity index (χ0v) is 6.60. The number of amides is 1.